The molecule has 0 N–H and O–H groups in total. The summed E-state index contributed by atoms with van der Waals surface area (Å²) in [6, 6.07) is -0.565. The predicted molar refractivity (Wildman–Crippen MR) is 94.8 cm³/mol. The van der Waals surface area contributed by atoms with Crippen LogP contribution in [0.2, 0.25) is 0 Å². The van der Waals surface area contributed by atoms with Gasteiger partial charge in [0.05, 0.1) is 13.2 Å². The molecule has 2 unspecified atom stereocenters. The highest BCUT2D eigenvalue weighted by molar-refractivity contribution is 8.13. The Balaban J connectivity index is 2.32. The van der Waals surface area contributed by atoms with Gasteiger partial charge in [0.1, 0.15) is 6.04 Å². The number of hydrogen-bond acceptors (Lipinski definition) is 8. The van der Waals surface area contributed by atoms with Gasteiger partial charge < -0.3 is 14.5 Å². The molecule has 0 radical (unpaired) electrons. The third kappa shape index (κ3) is 8.03. The Morgan fingerprint density at radius 3 is 2.62 bits per heavy atom. The van der Waals surface area contributed by atoms with Gasteiger partial charge in [0, 0.05) is 25.1 Å². The maximum absolute atomic E-state index is 12.5. The van der Waals surface area contributed by atoms with Crippen molar-refractivity contribution in [2.24, 2.45) is 5.92 Å². The molecule has 0 bridgehead atoms. The molecule has 1 amide bonds. The molecule has 1 rings (SSSR count). The van der Waals surface area contributed by atoms with Crippen LogP contribution in [0.15, 0.2) is 0 Å². The third-order valence-corrected chi connectivity index (χ3v) is 5.07. The summed E-state index contributed by atoms with van der Waals surface area (Å²) in [4.78, 5) is 51.5. The lowest BCUT2D eigenvalue weighted by atomic mass is 10.1. The van der Waals surface area contributed by atoms with Crippen molar-refractivity contribution in [3.63, 3.8) is 0 Å². The van der Waals surface area contributed by atoms with Gasteiger partial charge in [-0.15, -0.1) is 10.1 Å². The summed E-state index contributed by atoms with van der Waals surface area (Å²) in [5, 5.41) is 9.13. The number of carbonyl (C=O) groups excluding carboxylic acids is 3. The largest absolute Gasteiger partial charge is 0.464 e. The zero-order valence-corrected chi connectivity index (χ0v) is 16.0. The second kappa shape index (κ2) is 11.7. The monoisotopic (exact) mass is 390 g/mol. The Morgan fingerprint density at radius 1 is 1.27 bits per heavy atom. The van der Waals surface area contributed by atoms with E-state index in [-0.39, 0.29) is 30.2 Å². The molecule has 1 aliphatic rings. The fourth-order valence-corrected chi connectivity index (χ4v) is 3.29. The van der Waals surface area contributed by atoms with Crippen molar-refractivity contribution in [3.8, 4) is 0 Å². The first-order valence-electron chi connectivity index (χ1n) is 8.70. The summed E-state index contributed by atoms with van der Waals surface area (Å²) >= 11 is 1.11. The first-order valence-corrected chi connectivity index (χ1v) is 9.69. The van der Waals surface area contributed by atoms with Gasteiger partial charge in [0.25, 0.3) is 5.09 Å². The second-order valence-corrected chi connectivity index (χ2v) is 7.38. The van der Waals surface area contributed by atoms with Crippen LogP contribution in [0.1, 0.15) is 46.0 Å². The van der Waals surface area contributed by atoms with E-state index in [1.165, 1.54) is 6.92 Å². The van der Waals surface area contributed by atoms with E-state index in [1.807, 2.05) is 0 Å². The fraction of sp³-hybridized carbons (Fsp3) is 0.812. The molecule has 0 aromatic carbocycles. The molecule has 1 aliphatic heterocycles. The highest BCUT2D eigenvalue weighted by Gasteiger charge is 2.36. The number of hydrogen-bond donors (Lipinski definition) is 0. The van der Waals surface area contributed by atoms with Crippen LogP contribution < -0.4 is 0 Å². The minimum Gasteiger partial charge on any atom is -0.464 e. The average molecular weight is 390 g/mol. The SMILES string of the molecule is CC(=O)SCC(C)C(=O)N1CCCC1C(=O)OCCCCCO[N+](=O)[O-]. The number of esters is 1. The van der Waals surface area contributed by atoms with Crippen molar-refractivity contribution < 1.29 is 29.0 Å². The minimum absolute atomic E-state index is 0.0298. The minimum atomic E-state index is -0.832. The van der Waals surface area contributed by atoms with Gasteiger partial charge in [-0.1, -0.05) is 18.7 Å². The van der Waals surface area contributed by atoms with Gasteiger partial charge >= 0.3 is 5.97 Å². The van der Waals surface area contributed by atoms with Crippen molar-refractivity contribution in [1.29, 1.82) is 0 Å². The number of amides is 1. The summed E-state index contributed by atoms with van der Waals surface area (Å²) in [6.07, 6.45) is 3.06. The molecule has 10 heteroatoms. The van der Waals surface area contributed by atoms with Crippen molar-refractivity contribution in [3.05, 3.63) is 10.1 Å². The van der Waals surface area contributed by atoms with Crippen LogP contribution in [0, 0.1) is 16.0 Å². The molecule has 2 atom stereocenters. The molecule has 1 heterocycles. The topological polar surface area (TPSA) is 116 Å². The van der Waals surface area contributed by atoms with E-state index in [1.54, 1.807) is 11.8 Å². The summed E-state index contributed by atoms with van der Waals surface area (Å²) in [5.74, 6) is -0.476. The maximum Gasteiger partial charge on any atom is 0.328 e. The van der Waals surface area contributed by atoms with Gasteiger partial charge in [-0.3, -0.25) is 9.59 Å². The van der Waals surface area contributed by atoms with E-state index in [9.17, 15) is 24.5 Å². The Labute approximate surface area is 156 Å². The molecule has 0 saturated carbocycles. The van der Waals surface area contributed by atoms with Crippen LogP contribution in [-0.2, 0) is 24.0 Å². The lowest BCUT2D eigenvalue weighted by Crippen LogP contribution is -2.44. The van der Waals surface area contributed by atoms with E-state index in [0.717, 1.165) is 18.2 Å². The quantitative estimate of drug-likeness (QED) is 0.227. The van der Waals surface area contributed by atoms with E-state index in [0.29, 0.717) is 38.0 Å². The zero-order chi connectivity index (χ0) is 19.5. The van der Waals surface area contributed by atoms with Gasteiger partial charge in [0.15, 0.2) is 5.12 Å². The number of ether oxygens (including phenoxy) is 1. The maximum atomic E-state index is 12.5. The van der Waals surface area contributed by atoms with Crippen LogP contribution >= 0.6 is 11.8 Å². The molecule has 0 spiro atoms. The van der Waals surface area contributed by atoms with Crippen molar-refractivity contribution in [2.45, 2.75) is 52.0 Å². The fourth-order valence-electron chi connectivity index (χ4n) is 2.66. The average Bonchev–Trinajstić information content (AvgIpc) is 3.07. The van der Waals surface area contributed by atoms with Crippen LogP contribution in [0.4, 0.5) is 0 Å². The molecule has 0 aliphatic carbocycles. The Bertz CT molecular complexity index is 515. The highest BCUT2D eigenvalue weighted by Crippen LogP contribution is 2.22. The van der Waals surface area contributed by atoms with Gasteiger partial charge in [-0.2, -0.15) is 0 Å². The standard InChI is InChI=1S/C16H26N2O7S/c1-12(11-26-13(2)19)15(20)17-8-6-7-14(17)16(21)24-9-4-3-5-10-25-18(22)23/h12,14H,3-11H2,1-2H3. The van der Waals surface area contributed by atoms with E-state index >= 15 is 0 Å². The lowest BCUT2D eigenvalue weighted by molar-refractivity contribution is -0.757. The van der Waals surface area contributed by atoms with Crippen LogP contribution in [0.5, 0.6) is 0 Å². The summed E-state index contributed by atoms with van der Waals surface area (Å²) in [6.45, 7) is 3.98. The lowest BCUT2D eigenvalue weighted by Gasteiger charge is -2.26. The number of unbranched alkanes of at least 4 members (excludes halogenated alkanes) is 2. The normalized spacial score (nSPS) is 17.6. The van der Waals surface area contributed by atoms with Crippen LogP contribution in [0.25, 0.3) is 0 Å². The molecule has 26 heavy (non-hydrogen) atoms. The van der Waals surface area contributed by atoms with Crippen LogP contribution in [0.3, 0.4) is 0 Å². The van der Waals surface area contributed by atoms with Crippen molar-refractivity contribution in [1.82, 2.24) is 4.90 Å². The van der Waals surface area contributed by atoms with Gasteiger partial charge in [-0.25, -0.2) is 4.79 Å². The number of nitrogens with zero attached hydrogens (tertiary/aromatic N) is 2. The molecule has 0 aromatic rings. The van der Waals surface area contributed by atoms with E-state index in [2.05, 4.69) is 4.84 Å². The van der Waals surface area contributed by atoms with Crippen molar-refractivity contribution in [2.75, 3.05) is 25.5 Å². The highest BCUT2D eigenvalue weighted by atomic mass is 32.2. The Hall–Kier alpha value is -1.84. The second-order valence-electron chi connectivity index (χ2n) is 6.18. The predicted octanol–water partition coefficient (Wildman–Crippen LogP) is 1.81. The summed E-state index contributed by atoms with van der Waals surface area (Å²) in [7, 11) is 0. The molecule has 1 saturated heterocycles. The molecular formula is C16H26N2O7S. The molecule has 1 fully saturated rings. The number of carbonyl (C=O) groups is 3. The summed E-state index contributed by atoms with van der Waals surface area (Å²) in [5.41, 5.74) is 0. The van der Waals surface area contributed by atoms with Crippen molar-refractivity contribution >= 4 is 28.8 Å². The molecule has 9 nitrogen and oxygen atoms in total. The Kier molecular flexibility index (Phi) is 10.0. The van der Waals surface area contributed by atoms with E-state index < -0.39 is 17.1 Å². The van der Waals surface area contributed by atoms with Gasteiger partial charge in [-0.05, 0) is 32.1 Å². The third-order valence-electron chi connectivity index (χ3n) is 4.00. The number of rotatable bonds is 11. The summed E-state index contributed by atoms with van der Waals surface area (Å²) < 4.78 is 5.25. The smallest absolute Gasteiger partial charge is 0.328 e. The molecular weight excluding hydrogens is 364 g/mol. The molecule has 0 aromatic heterocycles. The number of likely N-dealkylation sites (tertiary alicyclic amines) is 1. The molecule has 148 valence electrons. The van der Waals surface area contributed by atoms with Gasteiger partial charge in [0.2, 0.25) is 5.91 Å². The van der Waals surface area contributed by atoms with E-state index in [4.69, 9.17) is 4.74 Å². The van der Waals surface area contributed by atoms with Crippen LogP contribution in [-0.4, -0.2) is 58.5 Å². The Morgan fingerprint density at radius 2 is 1.96 bits per heavy atom. The first kappa shape index (κ1) is 22.2. The zero-order valence-electron chi connectivity index (χ0n) is 15.2. The first-order chi connectivity index (χ1) is 12.3. The number of thioether (sulfide) groups is 1.